The first-order valence-electron chi connectivity index (χ1n) is 7.85. The maximum absolute atomic E-state index is 12.0. The van der Waals surface area contributed by atoms with E-state index >= 15 is 0 Å². The molecular weight excluding hydrogens is 483 g/mol. The number of nitrogens with zero attached hydrogens (tertiary/aromatic N) is 1. The second kappa shape index (κ2) is 11.3. The van der Waals surface area contributed by atoms with Crippen molar-refractivity contribution in [3.05, 3.63) is 45.8 Å². The Labute approximate surface area is 185 Å². The second-order valence-electron chi connectivity index (χ2n) is 5.57. The van der Waals surface area contributed by atoms with Crippen LogP contribution in [-0.4, -0.2) is 12.6 Å². The van der Waals surface area contributed by atoms with Crippen LogP contribution in [0, 0.1) is 66.0 Å². The Bertz CT molecular complexity index is 708. The second-order valence-corrected chi connectivity index (χ2v) is 6.73. The van der Waals surface area contributed by atoms with Gasteiger partial charge in [0.2, 0.25) is 0 Å². The zero-order valence-corrected chi connectivity index (χ0v) is 16.6. The average molecular weight is 505 g/mol. The summed E-state index contributed by atoms with van der Waals surface area (Å²) < 4.78 is 10.6. The van der Waals surface area contributed by atoms with Gasteiger partial charge in [-0.3, -0.25) is 9.79 Å². The molecule has 6 heteroatoms. The number of benzene rings is 1. The predicted octanol–water partition coefficient (Wildman–Crippen LogP) is 4.20. The van der Waals surface area contributed by atoms with E-state index in [-0.39, 0.29) is 59.3 Å². The molecule has 0 aliphatic heterocycles. The average Bonchev–Trinajstić information content (AvgIpc) is 2.94. The predicted molar refractivity (Wildman–Crippen MR) is 90.6 cm³/mol. The van der Waals surface area contributed by atoms with Gasteiger partial charge in [0.25, 0.3) is 0 Å². The summed E-state index contributed by atoms with van der Waals surface area (Å²) in [6, 6.07) is 7.54. The van der Waals surface area contributed by atoms with Crippen molar-refractivity contribution >= 4 is 23.0 Å². The van der Waals surface area contributed by atoms with E-state index in [2.05, 4.69) is 25.1 Å². The number of hydrogen-bond donors (Lipinski definition) is 0. The molecule has 0 fully saturated rings. The van der Waals surface area contributed by atoms with Gasteiger partial charge < -0.3 is 9.15 Å². The standard InChI is InChI=1S/C18H22NO3S.Yb/c1-4-13(2)9-10-21-17(20)11-15-7-5-6-8-16(15)19-18-22-12-14(3)23-18;/h5-8,13H,4,9-11H2,1-3H3;/q-1;. The van der Waals surface area contributed by atoms with Crippen LogP contribution in [0.2, 0.25) is 0 Å². The van der Waals surface area contributed by atoms with Crippen LogP contribution in [0.25, 0.3) is 0 Å². The van der Waals surface area contributed by atoms with Gasteiger partial charge >= 0.3 is 5.97 Å². The van der Waals surface area contributed by atoms with Gasteiger partial charge in [0, 0.05) is 46.9 Å². The van der Waals surface area contributed by atoms with Crippen LogP contribution in [0.4, 0.5) is 5.69 Å². The third kappa shape index (κ3) is 7.26. The first-order chi connectivity index (χ1) is 11.1. The van der Waals surface area contributed by atoms with Crippen LogP contribution >= 0.6 is 11.3 Å². The van der Waals surface area contributed by atoms with Gasteiger partial charge in [0.15, 0.2) is 0 Å². The molecule has 0 saturated heterocycles. The van der Waals surface area contributed by atoms with Crippen LogP contribution < -0.4 is 4.87 Å². The van der Waals surface area contributed by atoms with E-state index < -0.39 is 0 Å². The largest absolute Gasteiger partial charge is 0.621 e. The number of esters is 1. The van der Waals surface area contributed by atoms with E-state index in [0.29, 0.717) is 17.4 Å². The quantitative estimate of drug-likeness (QED) is 0.419. The minimum absolute atomic E-state index is 0. The molecule has 1 heterocycles. The molecule has 2 aromatic rings. The molecule has 0 spiro atoms. The molecule has 1 aromatic heterocycles. The van der Waals surface area contributed by atoms with Crippen LogP contribution in [-0.2, 0) is 16.0 Å². The molecule has 1 atom stereocenters. The normalized spacial score (nSPS) is 12.5. The maximum Gasteiger partial charge on any atom is 0.310 e. The molecule has 0 N–H and O–H groups in total. The zero-order valence-electron chi connectivity index (χ0n) is 14.1. The third-order valence-corrected chi connectivity index (χ3v) is 4.37. The number of rotatable bonds is 7. The van der Waals surface area contributed by atoms with E-state index in [1.807, 2.05) is 31.2 Å². The van der Waals surface area contributed by atoms with Crippen LogP contribution in [0.15, 0.2) is 33.7 Å². The molecule has 0 aliphatic rings. The number of aryl methyl sites for hydroxylation is 1. The molecule has 138 valence electrons. The molecule has 0 aliphatic carbocycles. The first-order valence-corrected chi connectivity index (χ1v) is 8.66. The van der Waals surface area contributed by atoms with Gasteiger partial charge in [0.1, 0.15) is 4.87 Å². The van der Waals surface area contributed by atoms with Gasteiger partial charge in [-0.15, -0.1) is 0 Å². The molecule has 0 amide bonds. The molecule has 2 rings (SSSR count). The van der Waals surface area contributed by atoms with Gasteiger partial charge in [-0.1, -0.05) is 49.6 Å². The summed E-state index contributed by atoms with van der Waals surface area (Å²) in [6.45, 7) is 6.68. The van der Waals surface area contributed by atoms with E-state index in [1.165, 1.54) is 11.3 Å². The fraction of sp³-hybridized carbons (Fsp3) is 0.444. The van der Waals surface area contributed by atoms with Crippen molar-refractivity contribution in [2.75, 3.05) is 6.61 Å². The van der Waals surface area contributed by atoms with Crippen molar-refractivity contribution in [2.24, 2.45) is 10.9 Å². The molecular formula is C18H22NO3SYb-. The maximum atomic E-state index is 12.0. The van der Waals surface area contributed by atoms with Gasteiger partial charge in [-0.25, -0.2) is 11.3 Å². The van der Waals surface area contributed by atoms with Gasteiger partial charge in [-0.2, -0.15) is 0 Å². The first kappa shape index (κ1) is 21.7. The van der Waals surface area contributed by atoms with Crippen LogP contribution in [0.5, 0.6) is 0 Å². The molecule has 0 saturated carbocycles. The Hall–Kier alpha value is -0.361. The van der Waals surface area contributed by atoms with E-state index in [0.717, 1.165) is 29.0 Å². The fourth-order valence-corrected chi connectivity index (χ4v) is 2.56. The Kier molecular flexibility index (Phi) is 10.2. The van der Waals surface area contributed by atoms with E-state index in [9.17, 15) is 4.79 Å². The molecule has 1 unspecified atom stereocenters. The van der Waals surface area contributed by atoms with Crippen molar-refractivity contribution in [3.8, 4) is 0 Å². The van der Waals surface area contributed by atoms with Crippen LogP contribution in [0.3, 0.4) is 0 Å². The summed E-state index contributed by atoms with van der Waals surface area (Å²) >= 11 is 1.42. The molecule has 1 aromatic carbocycles. The van der Waals surface area contributed by atoms with Crippen molar-refractivity contribution in [3.63, 3.8) is 0 Å². The molecule has 24 heavy (non-hydrogen) atoms. The number of hydrogen-bond acceptors (Lipinski definition) is 5. The summed E-state index contributed by atoms with van der Waals surface area (Å²) in [5, 5.41) is 0. The van der Waals surface area contributed by atoms with Crippen molar-refractivity contribution < 1.29 is 60.9 Å². The number of ether oxygens (including phenoxy) is 1. The monoisotopic (exact) mass is 506 g/mol. The number of para-hydroxylation sites is 1. The summed E-state index contributed by atoms with van der Waals surface area (Å²) in [7, 11) is 0. The minimum Gasteiger partial charge on any atom is -0.621 e. The topological polar surface area (TPSA) is 51.8 Å². The number of carbonyl (C=O) groups excluding carboxylic acids is 1. The van der Waals surface area contributed by atoms with Crippen molar-refractivity contribution in [1.82, 2.24) is 0 Å². The minimum atomic E-state index is -0.221. The Morgan fingerprint density at radius 1 is 1.42 bits per heavy atom. The van der Waals surface area contributed by atoms with Crippen LogP contribution in [0.1, 0.15) is 37.1 Å². The fourth-order valence-electron chi connectivity index (χ4n) is 1.99. The van der Waals surface area contributed by atoms with Crippen molar-refractivity contribution in [2.45, 2.75) is 40.0 Å². The molecule has 4 nitrogen and oxygen atoms in total. The SMILES string of the molecule is CCC(C)CCOC(=O)Cc1ccccc1N=c1o[c-]c(C)s1.[Yb]. The third-order valence-electron chi connectivity index (χ3n) is 3.63. The summed E-state index contributed by atoms with van der Waals surface area (Å²) in [6.07, 6.45) is 4.97. The summed E-state index contributed by atoms with van der Waals surface area (Å²) in [5.41, 5.74) is 1.56. The van der Waals surface area contributed by atoms with E-state index in [1.54, 1.807) is 0 Å². The Morgan fingerprint density at radius 3 is 2.83 bits per heavy atom. The van der Waals surface area contributed by atoms with Gasteiger partial charge in [0.05, 0.1) is 18.7 Å². The van der Waals surface area contributed by atoms with E-state index in [4.69, 9.17) is 9.15 Å². The Morgan fingerprint density at radius 2 is 2.17 bits per heavy atom. The molecule has 0 bridgehead atoms. The zero-order chi connectivity index (χ0) is 16.7. The van der Waals surface area contributed by atoms with Gasteiger partial charge in [-0.05, 0) is 30.9 Å². The smallest absolute Gasteiger partial charge is 0.310 e. The molecule has 0 radical (unpaired) electrons. The Balaban J connectivity index is 0.00000288. The number of carbonyl (C=O) groups is 1. The summed E-state index contributed by atoms with van der Waals surface area (Å²) in [4.78, 5) is 17.9. The van der Waals surface area contributed by atoms with Crippen molar-refractivity contribution in [1.29, 1.82) is 0 Å². The summed E-state index contributed by atoms with van der Waals surface area (Å²) in [5.74, 6) is 0.354.